The van der Waals surface area contributed by atoms with Crippen molar-refractivity contribution in [1.29, 1.82) is 5.26 Å². The number of piperazine rings is 1. The van der Waals surface area contributed by atoms with Gasteiger partial charge in [-0.3, -0.25) is 14.6 Å². The highest BCUT2D eigenvalue weighted by Gasteiger charge is 2.60. The quantitative estimate of drug-likeness (QED) is 0.400. The number of phenolic OH excluding ortho intramolecular Hbond substituents is 1. The maximum atomic E-state index is 13.1. The van der Waals surface area contributed by atoms with E-state index in [0.717, 1.165) is 33.6 Å². The van der Waals surface area contributed by atoms with Gasteiger partial charge in [0.2, 0.25) is 6.79 Å². The van der Waals surface area contributed by atoms with E-state index in [9.17, 15) is 15.2 Å². The predicted molar refractivity (Wildman–Crippen MR) is 158 cm³/mol. The van der Waals surface area contributed by atoms with Crippen LogP contribution >= 0.6 is 11.8 Å². The Morgan fingerprint density at radius 2 is 1.91 bits per heavy atom. The molecule has 5 heterocycles. The molecule has 0 radical (unpaired) electrons. The van der Waals surface area contributed by atoms with E-state index in [2.05, 4.69) is 42.8 Å². The lowest BCUT2D eigenvalue weighted by molar-refractivity contribution is -0.153. The molecule has 0 spiro atoms. The number of phenols is 1. The lowest BCUT2D eigenvalue weighted by Crippen LogP contribution is -2.69. The highest BCUT2D eigenvalue weighted by Crippen LogP contribution is 2.63. The third-order valence-corrected chi connectivity index (χ3v) is 11.7. The smallest absolute Gasteiger partial charge is 0.309 e. The molecule has 10 nitrogen and oxygen atoms in total. The van der Waals surface area contributed by atoms with Gasteiger partial charge in [-0.1, -0.05) is 13.0 Å². The molecule has 5 aliphatic rings. The van der Waals surface area contributed by atoms with Crippen LogP contribution in [0.2, 0.25) is 0 Å². The fourth-order valence-corrected chi connectivity index (χ4v) is 9.47. The molecule has 11 heteroatoms. The summed E-state index contributed by atoms with van der Waals surface area (Å²) in [7, 11) is 3.71. The monoisotopic (exact) mass is 607 g/mol. The number of cyclic esters (lactones) is 1. The van der Waals surface area contributed by atoms with Gasteiger partial charge in [0.15, 0.2) is 18.3 Å². The third kappa shape index (κ3) is 3.99. The summed E-state index contributed by atoms with van der Waals surface area (Å²) < 4.78 is 29.6. The molecule has 1 unspecified atom stereocenters. The first-order chi connectivity index (χ1) is 20.7. The second kappa shape index (κ2) is 10.5. The van der Waals surface area contributed by atoms with Gasteiger partial charge in [0, 0.05) is 47.2 Å². The van der Waals surface area contributed by atoms with Crippen LogP contribution in [0.1, 0.15) is 63.2 Å². The Bertz CT molecular complexity index is 1560. The fraction of sp³-hybridized carbons (Fsp3) is 0.562. The highest BCUT2D eigenvalue weighted by atomic mass is 32.2. The number of hydrogen-bond donors (Lipinski definition) is 1. The Morgan fingerprint density at radius 1 is 1.14 bits per heavy atom. The highest BCUT2D eigenvalue weighted by molar-refractivity contribution is 7.99. The van der Waals surface area contributed by atoms with Crippen molar-refractivity contribution in [2.45, 2.75) is 69.6 Å². The number of carbonyl (C=O) groups excluding carboxylic acids is 1. The first-order valence-electron chi connectivity index (χ1n) is 14.8. The van der Waals surface area contributed by atoms with E-state index in [1.165, 1.54) is 5.56 Å². The van der Waals surface area contributed by atoms with Crippen LogP contribution in [-0.2, 0) is 20.7 Å². The Morgan fingerprint density at radius 3 is 2.65 bits per heavy atom. The number of fused-ring (bicyclic) bond motifs is 9. The topological polar surface area (TPSA) is 114 Å². The Balaban J connectivity index is 1.53. The van der Waals surface area contributed by atoms with E-state index in [0.29, 0.717) is 29.2 Å². The molecule has 2 aromatic rings. The van der Waals surface area contributed by atoms with Gasteiger partial charge >= 0.3 is 5.97 Å². The van der Waals surface area contributed by atoms with Crippen molar-refractivity contribution in [2.24, 2.45) is 5.92 Å². The molecule has 228 valence electrons. The zero-order valence-electron chi connectivity index (χ0n) is 25.3. The van der Waals surface area contributed by atoms with Crippen LogP contribution in [0.15, 0.2) is 6.07 Å². The molecule has 5 aliphatic heterocycles. The van der Waals surface area contributed by atoms with Crippen molar-refractivity contribution < 1.29 is 33.6 Å². The number of aromatic hydroxyl groups is 1. The number of thioether (sulfide) groups is 1. The van der Waals surface area contributed by atoms with Gasteiger partial charge in [0.05, 0.1) is 29.3 Å². The molecule has 2 aromatic carbocycles. The van der Waals surface area contributed by atoms with Crippen molar-refractivity contribution in [3.63, 3.8) is 0 Å². The standard InChI is InChI=1S/C32H37N3O7S/c1-14-7-18-8-19-20(9-33)35-21-10-39-32(37)15(2)11-43-31(24-23(21)30-29(41-13-42-30)17(4)27(24)36)26(35)25(34(19)5)22(18)28(16(14)3)40-12-38-6/h7,15,19-21,25-26,31,36H,8,10-13H2,1-6H3/t15-,19-,20-,21+,25-,26?,31+/m0/s1. The minimum absolute atomic E-state index is 0.0382. The number of nitriles is 1. The Labute approximate surface area is 255 Å². The van der Waals surface area contributed by atoms with Gasteiger partial charge in [-0.15, -0.1) is 0 Å². The van der Waals surface area contributed by atoms with Gasteiger partial charge in [-0.05, 0) is 50.9 Å². The zero-order valence-corrected chi connectivity index (χ0v) is 26.1. The van der Waals surface area contributed by atoms with Crippen molar-refractivity contribution >= 4 is 17.7 Å². The van der Waals surface area contributed by atoms with Gasteiger partial charge in [-0.2, -0.15) is 17.0 Å². The average molecular weight is 608 g/mol. The first-order valence-corrected chi connectivity index (χ1v) is 15.8. The molecule has 0 aromatic heterocycles. The van der Waals surface area contributed by atoms with Gasteiger partial charge in [0.25, 0.3) is 0 Å². The number of ether oxygens (including phenoxy) is 5. The molecular formula is C32H37N3O7S. The number of likely N-dealkylation sites (N-methyl/N-ethyl adjacent to an activating group) is 1. The lowest BCUT2D eigenvalue weighted by Gasteiger charge is -2.61. The number of benzene rings is 2. The lowest BCUT2D eigenvalue weighted by atomic mass is 9.71. The van der Waals surface area contributed by atoms with Crippen LogP contribution in [0.4, 0.5) is 0 Å². The minimum atomic E-state index is -0.521. The summed E-state index contributed by atoms with van der Waals surface area (Å²) >= 11 is 1.63. The number of esters is 1. The first kappa shape index (κ1) is 28.6. The summed E-state index contributed by atoms with van der Waals surface area (Å²) in [6.07, 6.45) is 0.666. The van der Waals surface area contributed by atoms with Gasteiger partial charge < -0.3 is 28.8 Å². The summed E-state index contributed by atoms with van der Waals surface area (Å²) in [5.41, 5.74) is 6.62. The predicted octanol–water partition coefficient (Wildman–Crippen LogP) is 4.22. The number of nitrogens with zero attached hydrogens (tertiary/aromatic N) is 3. The second-order valence-corrected chi connectivity index (χ2v) is 13.5. The SMILES string of the molecule is COCOc1c(C)c(C)cc2c1[C@H]1C3[C@@H]4SC[C@H](C)C(=O)OC[C@H](c5c6c(c(C)c(O)c54)OCO6)N3[C@@H](C#N)[C@H](C2)N1C. The normalized spacial score (nSPS) is 31.0. The molecule has 43 heavy (non-hydrogen) atoms. The molecule has 0 saturated carbocycles. The van der Waals surface area contributed by atoms with E-state index in [1.807, 2.05) is 13.8 Å². The summed E-state index contributed by atoms with van der Waals surface area (Å²) in [5.74, 6) is 1.96. The van der Waals surface area contributed by atoms with E-state index < -0.39 is 12.1 Å². The van der Waals surface area contributed by atoms with Crippen molar-refractivity contribution in [3.05, 3.63) is 45.0 Å². The average Bonchev–Trinajstić information content (AvgIpc) is 3.48. The third-order valence-electron chi connectivity index (χ3n) is 10.1. The summed E-state index contributed by atoms with van der Waals surface area (Å²) in [5, 5.41) is 22.4. The number of methoxy groups -OCH3 is 1. The van der Waals surface area contributed by atoms with Crippen LogP contribution in [-0.4, -0.2) is 79.1 Å². The number of hydrogen-bond acceptors (Lipinski definition) is 11. The van der Waals surface area contributed by atoms with Crippen molar-refractivity contribution in [1.82, 2.24) is 9.80 Å². The van der Waals surface area contributed by atoms with E-state index >= 15 is 0 Å². The van der Waals surface area contributed by atoms with E-state index in [-0.39, 0.29) is 61.2 Å². The maximum Gasteiger partial charge on any atom is 0.309 e. The Hall–Kier alpha value is -3.17. The molecule has 0 aliphatic carbocycles. The van der Waals surface area contributed by atoms with Crippen LogP contribution in [0.5, 0.6) is 23.0 Å². The van der Waals surface area contributed by atoms with Gasteiger partial charge in [0.1, 0.15) is 24.1 Å². The molecule has 7 rings (SSSR count). The maximum absolute atomic E-state index is 13.1. The van der Waals surface area contributed by atoms with Crippen molar-refractivity contribution in [3.8, 4) is 29.1 Å². The van der Waals surface area contributed by atoms with E-state index in [1.54, 1.807) is 18.9 Å². The van der Waals surface area contributed by atoms with Gasteiger partial charge in [-0.25, -0.2) is 0 Å². The molecular weight excluding hydrogens is 570 g/mol. The van der Waals surface area contributed by atoms with E-state index in [4.69, 9.17) is 23.7 Å². The van der Waals surface area contributed by atoms with Crippen LogP contribution in [0.25, 0.3) is 0 Å². The second-order valence-electron chi connectivity index (χ2n) is 12.3. The molecule has 4 bridgehead atoms. The number of aryl methyl sites for hydroxylation is 1. The van der Waals surface area contributed by atoms with Crippen molar-refractivity contribution in [2.75, 3.05) is 40.1 Å². The molecule has 0 amide bonds. The summed E-state index contributed by atoms with van der Waals surface area (Å²) in [6.45, 7) is 8.09. The number of rotatable bonds is 3. The minimum Gasteiger partial charge on any atom is -0.507 e. The molecule has 7 atom stereocenters. The van der Waals surface area contributed by atoms with Crippen LogP contribution in [0, 0.1) is 38.0 Å². The number of carbonyl (C=O) groups is 1. The zero-order chi connectivity index (χ0) is 30.3. The Kier molecular flexibility index (Phi) is 6.97. The summed E-state index contributed by atoms with van der Waals surface area (Å²) in [4.78, 5) is 17.6. The molecule has 1 N–H and O–H groups in total. The summed E-state index contributed by atoms with van der Waals surface area (Å²) in [6, 6.07) is 3.32. The van der Waals surface area contributed by atoms with Crippen LogP contribution in [0.3, 0.4) is 0 Å². The molecule has 2 saturated heterocycles. The van der Waals surface area contributed by atoms with Crippen LogP contribution < -0.4 is 14.2 Å². The fourth-order valence-electron chi connectivity index (χ4n) is 7.95. The molecule has 2 fully saturated rings. The largest absolute Gasteiger partial charge is 0.507 e.